The van der Waals surface area contributed by atoms with Crippen molar-refractivity contribution in [2.75, 3.05) is 37.6 Å². The fraction of sp³-hybridized carbons (Fsp3) is 0.381. The number of para-hydroxylation sites is 1. The topological polar surface area (TPSA) is 78.9 Å². The van der Waals surface area contributed by atoms with Crippen LogP contribution < -0.4 is 10.2 Å². The van der Waals surface area contributed by atoms with Gasteiger partial charge in [-0.25, -0.2) is 0 Å². The Kier molecular flexibility index (Phi) is 7.35. The highest BCUT2D eigenvalue weighted by atomic mass is 127. The summed E-state index contributed by atoms with van der Waals surface area (Å²) in [6.45, 7) is 5.00. The summed E-state index contributed by atoms with van der Waals surface area (Å²) in [5, 5.41) is 8.57. The number of fused-ring (bicyclic) bond motifs is 1. The molecule has 1 N–H and O–H groups in total. The van der Waals surface area contributed by atoms with E-state index in [1.54, 1.807) is 15.8 Å². The van der Waals surface area contributed by atoms with Crippen LogP contribution in [0.1, 0.15) is 12.7 Å². The molecule has 2 aromatic heterocycles. The van der Waals surface area contributed by atoms with Crippen molar-refractivity contribution in [2.45, 2.75) is 13.3 Å². The first-order chi connectivity index (χ1) is 14.1. The number of carbonyl (C=O) groups is 1. The van der Waals surface area contributed by atoms with Crippen molar-refractivity contribution < 1.29 is 9.21 Å². The van der Waals surface area contributed by atoms with E-state index in [4.69, 9.17) is 9.41 Å². The van der Waals surface area contributed by atoms with E-state index in [1.165, 1.54) is 0 Å². The zero-order chi connectivity index (χ0) is 20.2. The molecule has 1 aromatic carbocycles. The minimum absolute atomic E-state index is 0. The molecule has 1 aliphatic rings. The number of guanidine groups is 1. The predicted molar refractivity (Wildman–Crippen MR) is 128 cm³/mol. The van der Waals surface area contributed by atoms with Crippen molar-refractivity contribution >= 4 is 52.5 Å². The summed E-state index contributed by atoms with van der Waals surface area (Å²) in [6.07, 6.45) is 4.30. The molecule has 1 aliphatic heterocycles. The Bertz CT molecular complexity index is 994. The maximum absolute atomic E-state index is 12.7. The van der Waals surface area contributed by atoms with Gasteiger partial charge in [0.05, 0.1) is 11.9 Å². The lowest BCUT2D eigenvalue weighted by molar-refractivity contribution is -0.120. The number of anilines is 1. The van der Waals surface area contributed by atoms with E-state index < -0.39 is 0 Å². The Balaban J connectivity index is 0.00000256. The monoisotopic (exact) mass is 522 g/mol. The summed E-state index contributed by atoms with van der Waals surface area (Å²) in [7, 11) is 1.85. The number of hydrogen-bond acceptors (Lipinski definition) is 4. The van der Waals surface area contributed by atoms with Crippen molar-refractivity contribution in [3.05, 3.63) is 48.5 Å². The number of aromatic nitrogens is 2. The largest absolute Gasteiger partial charge is 0.461 e. The number of nitrogens with zero attached hydrogens (tertiary/aromatic N) is 5. The molecular weight excluding hydrogens is 495 g/mol. The summed E-state index contributed by atoms with van der Waals surface area (Å²) in [5.41, 5.74) is 1.74. The van der Waals surface area contributed by atoms with Gasteiger partial charge < -0.3 is 19.5 Å². The molecule has 0 spiro atoms. The van der Waals surface area contributed by atoms with Crippen LogP contribution in [0.5, 0.6) is 0 Å². The second-order valence-corrected chi connectivity index (χ2v) is 7.08. The second kappa shape index (κ2) is 9.96. The quantitative estimate of drug-likeness (QED) is 0.317. The van der Waals surface area contributed by atoms with Gasteiger partial charge in [-0.2, -0.15) is 5.10 Å². The maximum atomic E-state index is 12.7. The van der Waals surface area contributed by atoms with Crippen LogP contribution in [0.25, 0.3) is 11.0 Å². The van der Waals surface area contributed by atoms with E-state index in [-0.39, 0.29) is 29.9 Å². The standard InChI is InChI=1S/C21H26N6O2.HI/c1-3-22-21(23-9-8-18-12-16-6-4-5-7-19(16)29-18)26-10-11-27(20(28)15-26)17-13-24-25(2)14-17;/h4-7,12-14H,3,8-11,15H2,1-2H3,(H,22,23);1H. The van der Waals surface area contributed by atoms with Crippen LogP contribution in [0.15, 0.2) is 52.1 Å². The molecule has 0 saturated carbocycles. The SMILES string of the molecule is CCNC(=NCCc1cc2ccccc2o1)N1CCN(c2cnn(C)c2)C(=O)C1.I. The number of piperazine rings is 1. The lowest BCUT2D eigenvalue weighted by Gasteiger charge is -2.35. The lowest BCUT2D eigenvalue weighted by Crippen LogP contribution is -2.55. The Morgan fingerprint density at radius 1 is 1.30 bits per heavy atom. The van der Waals surface area contributed by atoms with Crippen molar-refractivity contribution in [2.24, 2.45) is 12.0 Å². The number of carbonyl (C=O) groups excluding carboxylic acids is 1. The van der Waals surface area contributed by atoms with Crippen molar-refractivity contribution in [3.63, 3.8) is 0 Å². The van der Waals surface area contributed by atoms with Gasteiger partial charge in [-0.05, 0) is 19.1 Å². The van der Waals surface area contributed by atoms with Gasteiger partial charge >= 0.3 is 0 Å². The molecule has 4 rings (SSSR count). The Morgan fingerprint density at radius 3 is 2.83 bits per heavy atom. The predicted octanol–water partition coefficient (Wildman–Crippen LogP) is 2.64. The first kappa shape index (κ1) is 22.1. The van der Waals surface area contributed by atoms with E-state index in [0.717, 1.165) is 41.5 Å². The molecule has 3 aromatic rings. The molecule has 0 atom stereocenters. The van der Waals surface area contributed by atoms with Gasteiger partial charge in [0, 0.05) is 51.2 Å². The van der Waals surface area contributed by atoms with E-state index in [2.05, 4.69) is 16.5 Å². The van der Waals surface area contributed by atoms with Crippen molar-refractivity contribution in [1.29, 1.82) is 0 Å². The van der Waals surface area contributed by atoms with Crippen LogP contribution in [-0.4, -0.2) is 59.3 Å². The van der Waals surface area contributed by atoms with Crippen LogP contribution >= 0.6 is 24.0 Å². The summed E-state index contributed by atoms with van der Waals surface area (Å²) in [6, 6.07) is 10.1. The van der Waals surface area contributed by atoms with Gasteiger partial charge in [0.15, 0.2) is 5.96 Å². The van der Waals surface area contributed by atoms with Gasteiger partial charge in [0.2, 0.25) is 5.91 Å². The molecule has 0 aliphatic carbocycles. The minimum Gasteiger partial charge on any atom is -0.461 e. The highest BCUT2D eigenvalue weighted by molar-refractivity contribution is 14.0. The van der Waals surface area contributed by atoms with Gasteiger partial charge in [-0.15, -0.1) is 24.0 Å². The first-order valence-corrected chi connectivity index (χ1v) is 9.94. The number of rotatable bonds is 5. The number of halogens is 1. The number of nitrogens with one attached hydrogen (secondary N) is 1. The third kappa shape index (κ3) is 4.94. The molecule has 1 amide bonds. The van der Waals surface area contributed by atoms with Gasteiger partial charge in [-0.1, -0.05) is 18.2 Å². The fourth-order valence-electron chi connectivity index (χ4n) is 3.53. The number of furan rings is 1. The van der Waals surface area contributed by atoms with E-state index >= 15 is 0 Å². The molecule has 9 heteroatoms. The highest BCUT2D eigenvalue weighted by Gasteiger charge is 2.27. The molecule has 1 saturated heterocycles. The molecule has 3 heterocycles. The summed E-state index contributed by atoms with van der Waals surface area (Å²) >= 11 is 0. The third-order valence-corrected chi connectivity index (χ3v) is 4.95. The molecule has 1 fully saturated rings. The summed E-state index contributed by atoms with van der Waals surface area (Å²) in [4.78, 5) is 21.2. The van der Waals surface area contributed by atoms with E-state index in [9.17, 15) is 4.79 Å². The minimum atomic E-state index is 0. The summed E-state index contributed by atoms with van der Waals surface area (Å²) in [5.74, 6) is 1.73. The average molecular weight is 522 g/mol. The van der Waals surface area contributed by atoms with Crippen LogP contribution in [0, 0.1) is 0 Å². The second-order valence-electron chi connectivity index (χ2n) is 7.08. The molecule has 160 valence electrons. The van der Waals surface area contributed by atoms with E-state index in [1.807, 2.05) is 49.3 Å². The Labute approximate surface area is 192 Å². The van der Waals surface area contributed by atoms with Gasteiger partial charge in [0.1, 0.15) is 17.9 Å². The molecule has 0 bridgehead atoms. The third-order valence-electron chi connectivity index (χ3n) is 4.95. The smallest absolute Gasteiger partial charge is 0.246 e. The average Bonchev–Trinajstić information content (AvgIpc) is 3.33. The molecule has 30 heavy (non-hydrogen) atoms. The van der Waals surface area contributed by atoms with E-state index in [0.29, 0.717) is 26.1 Å². The van der Waals surface area contributed by atoms with Crippen LogP contribution in [0.4, 0.5) is 5.69 Å². The summed E-state index contributed by atoms with van der Waals surface area (Å²) < 4.78 is 7.57. The first-order valence-electron chi connectivity index (χ1n) is 9.94. The van der Waals surface area contributed by atoms with Gasteiger partial charge in [0.25, 0.3) is 0 Å². The zero-order valence-corrected chi connectivity index (χ0v) is 19.6. The number of amides is 1. The van der Waals surface area contributed by atoms with Crippen LogP contribution in [-0.2, 0) is 18.3 Å². The fourth-order valence-corrected chi connectivity index (χ4v) is 3.53. The van der Waals surface area contributed by atoms with Crippen LogP contribution in [0.2, 0.25) is 0 Å². The zero-order valence-electron chi connectivity index (χ0n) is 17.2. The maximum Gasteiger partial charge on any atom is 0.246 e. The number of aryl methyl sites for hydroxylation is 1. The molecular formula is C21H27IN6O2. The van der Waals surface area contributed by atoms with Crippen LogP contribution in [0.3, 0.4) is 0 Å². The van der Waals surface area contributed by atoms with Crippen molar-refractivity contribution in [1.82, 2.24) is 20.0 Å². The number of benzene rings is 1. The highest BCUT2D eigenvalue weighted by Crippen LogP contribution is 2.19. The Morgan fingerprint density at radius 2 is 2.13 bits per heavy atom. The molecule has 8 nitrogen and oxygen atoms in total. The Hall–Kier alpha value is -2.56. The lowest BCUT2D eigenvalue weighted by atomic mass is 10.2. The number of hydrogen-bond donors (Lipinski definition) is 1. The normalized spacial score (nSPS) is 14.9. The molecule has 0 unspecified atom stereocenters. The number of aliphatic imine (C=N–C) groups is 1. The van der Waals surface area contributed by atoms with Crippen molar-refractivity contribution in [3.8, 4) is 0 Å². The molecule has 0 radical (unpaired) electrons. The van der Waals surface area contributed by atoms with Gasteiger partial charge in [-0.3, -0.25) is 14.5 Å².